The SMILES string of the molecule is CCCCC/C=C\C/C=C\C/C=C\C/C=C\CCCCCC(=O)OC[C@H](COC(=O)CCCCCCCCCCC/C=C\CCCCCCCC)OC(=O)CCCCCCCCCCCCC. The first-order valence-corrected chi connectivity index (χ1v) is 28.8. The molecule has 0 amide bonds. The molecule has 0 fully saturated rings. The summed E-state index contributed by atoms with van der Waals surface area (Å²) in [5.74, 6) is -0.907. The number of allylic oxidation sites excluding steroid dienone is 10. The van der Waals surface area contributed by atoms with Gasteiger partial charge >= 0.3 is 17.9 Å². The van der Waals surface area contributed by atoms with Gasteiger partial charge in [0.1, 0.15) is 13.2 Å². The average molecular weight is 938 g/mol. The van der Waals surface area contributed by atoms with Gasteiger partial charge in [-0.3, -0.25) is 14.4 Å². The number of carbonyl (C=O) groups is 3. The van der Waals surface area contributed by atoms with E-state index in [0.29, 0.717) is 19.3 Å². The molecule has 1 atom stereocenters. The van der Waals surface area contributed by atoms with E-state index < -0.39 is 6.10 Å². The molecule has 6 heteroatoms. The van der Waals surface area contributed by atoms with Gasteiger partial charge in [-0.25, -0.2) is 0 Å². The van der Waals surface area contributed by atoms with E-state index in [9.17, 15) is 14.4 Å². The highest BCUT2D eigenvalue weighted by atomic mass is 16.6. The summed E-state index contributed by atoms with van der Waals surface area (Å²) < 4.78 is 16.8. The summed E-state index contributed by atoms with van der Waals surface area (Å²) in [7, 11) is 0. The zero-order chi connectivity index (χ0) is 48.6. The summed E-state index contributed by atoms with van der Waals surface area (Å²) in [5, 5.41) is 0. The van der Waals surface area contributed by atoms with Crippen LogP contribution in [0.4, 0.5) is 0 Å². The zero-order valence-electron chi connectivity index (χ0n) is 44.4. The fourth-order valence-electron chi connectivity index (χ4n) is 8.13. The van der Waals surface area contributed by atoms with Gasteiger partial charge in [0.15, 0.2) is 6.10 Å². The Balaban J connectivity index is 4.35. The molecule has 0 unspecified atom stereocenters. The first-order chi connectivity index (χ1) is 33.0. The van der Waals surface area contributed by atoms with Crippen molar-refractivity contribution in [2.24, 2.45) is 0 Å². The number of hydrogen-bond acceptors (Lipinski definition) is 6. The van der Waals surface area contributed by atoms with E-state index >= 15 is 0 Å². The van der Waals surface area contributed by atoms with E-state index in [-0.39, 0.29) is 31.1 Å². The Hall–Kier alpha value is -2.89. The third kappa shape index (κ3) is 53.9. The lowest BCUT2D eigenvalue weighted by Gasteiger charge is -2.18. The molecule has 0 aliphatic heterocycles. The van der Waals surface area contributed by atoms with Crippen LogP contribution < -0.4 is 0 Å². The number of ether oxygens (including phenoxy) is 3. The van der Waals surface area contributed by atoms with Gasteiger partial charge in [0, 0.05) is 19.3 Å². The minimum absolute atomic E-state index is 0.0832. The van der Waals surface area contributed by atoms with Crippen LogP contribution in [0.25, 0.3) is 0 Å². The Kier molecular flexibility index (Phi) is 53.3. The maximum atomic E-state index is 12.8. The molecule has 0 rings (SSSR count). The molecule has 0 saturated heterocycles. The van der Waals surface area contributed by atoms with Crippen LogP contribution in [0.15, 0.2) is 60.8 Å². The van der Waals surface area contributed by atoms with Crippen LogP contribution in [-0.4, -0.2) is 37.2 Å². The van der Waals surface area contributed by atoms with Crippen LogP contribution in [0.3, 0.4) is 0 Å². The van der Waals surface area contributed by atoms with Crippen molar-refractivity contribution in [2.45, 2.75) is 297 Å². The lowest BCUT2D eigenvalue weighted by molar-refractivity contribution is -0.167. The fourth-order valence-corrected chi connectivity index (χ4v) is 8.13. The topological polar surface area (TPSA) is 78.9 Å². The van der Waals surface area contributed by atoms with Gasteiger partial charge in [0.2, 0.25) is 0 Å². The van der Waals surface area contributed by atoms with Crippen LogP contribution in [0.2, 0.25) is 0 Å². The average Bonchev–Trinajstić information content (AvgIpc) is 3.33. The van der Waals surface area contributed by atoms with Crippen LogP contribution in [0.1, 0.15) is 290 Å². The molecule has 0 aromatic heterocycles. The molecule has 0 bridgehead atoms. The van der Waals surface area contributed by atoms with Crippen molar-refractivity contribution in [1.82, 2.24) is 0 Å². The molecule has 0 radical (unpaired) electrons. The second-order valence-corrected chi connectivity index (χ2v) is 19.2. The van der Waals surface area contributed by atoms with E-state index in [1.807, 2.05) is 0 Å². The van der Waals surface area contributed by atoms with Gasteiger partial charge in [-0.05, 0) is 89.9 Å². The Labute approximate surface area is 415 Å². The Morgan fingerprint density at radius 3 is 0.896 bits per heavy atom. The van der Waals surface area contributed by atoms with Crippen molar-refractivity contribution in [2.75, 3.05) is 13.2 Å². The highest BCUT2D eigenvalue weighted by Gasteiger charge is 2.19. The molecule has 6 nitrogen and oxygen atoms in total. The highest BCUT2D eigenvalue weighted by molar-refractivity contribution is 5.71. The lowest BCUT2D eigenvalue weighted by atomic mass is 10.1. The molecule has 0 aromatic carbocycles. The van der Waals surface area contributed by atoms with Gasteiger partial charge in [-0.2, -0.15) is 0 Å². The third-order valence-electron chi connectivity index (χ3n) is 12.5. The van der Waals surface area contributed by atoms with Gasteiger partial charge in [-0.1, -0.05) is 242 Å². The van der Waals surface area contributed by atoms with Crippen LogP contribution in [0, 0.1) is 0 Å². The van der Waals surface area contributed by atoms with Crippen molar-refractivity contribution >= 4 is 17.9 Å². The fraction of sp³-hybridized carbons (Fsp3) is 0.787. The number of esters is 3. The molecule has 0 aliphatic carbocycles. The molecule has 388 valence electrons. The quantitative estimate of drug-likeness (QED) is 0.0262. The number of carbonyl (C=O) groups excluding carboxylic acids is 3. The molecule has 0 spiro atoms. The lowest BCUT2D eigenvalue weighted by Crippen LogP contribution is -2.30. The summed E-state index contributed by atoms with van der Waals surface area (Å²) in [6.45, 7) is 6.59. The van der Waals surface area contributed by atoms with Gasteiger partial charge in [0.25, 0.3) is 0 Å². The van der Waals surface area contributed by atoms with Gasteiger partial charge < -0.3 is 14.2 Å². The third-order valence-corrected chi connectivity index (χ3v) is 12.5. The Morgan fingerprint density at radius 2 is 0.537 bits per heavy atom. The van der Waals surface area contributed by atoms with Crippen molar-refractivity contribution in [3.63, 3.8) is 0 Å². The van der Waals surface area contributed by atoms with Gasteiger partial charge in [-0.15, -0.1) is 0 Å². The van der Waals surface area contributed by atoms with E-state index in [4.69, 9.17) is 14.2 Å². The molecule has 67 heavy (non-hydrogen) atoms. The van der Waals surface area contributed by atoms with Gasteiger partial charge in [0.05, 0.1) is 0 Å². The second kappa shape index (κ2) is 55.7. The highest BCUT2D eigenvalue weighted by Crippen LogP contribution is 2.15. The van der Waals surface area contributed by atoms with Crippen molar-refractivity contribution < 1.29 is 28.6 Å². The Morgan fingerprint density at radius 1 is 0.299 bits per heavy atom. The molecule has 0 N–H and O–H groups in total. The zero-order valence-corrected chi connectivity index (χ0v) is 44.4. The largest absolute Gasteiger partial charge is 0.462 e. The molecule has 0 heterocycles. The molecule has 0 aliphatic rings. The summed E-state index contributed by atoms with van der Waals surface area (Å²) in [5.41, 5.74) is 0. The maximum absolute atomic E-state index is 12.8. The normalized spacial score (nSPS) is 12.5. The molecular weight excluding hydrogens is 829 g/mol. The first kappa shape index (κ1) is 64.1. The van der Waals surface area contributed by atoms with Crippen molar-refractivity contribution in [3.05, 3.63) is 60.8 Å². The summed E-state index contributed by atoms with van der Waals surface area (Å²) in [6.07, 6.45) is 69.2. The minimum Gasteiger partial charge on any atom is -0.462 e. The summed E-state index contributed by atoms with van der Waals surface area (Å²) >= 11 is 0. The first-order valence-electron chi connectivity index (χ1n) is 28.8. The van der Waals surface area contributed by atoms with Crippen LogP contribution >= 0.6 is 0 Å². The molecule has 0 saturated carbocycles. The van der Waals surface area contributed by atoms with Crippen molar-refractivity contribution in [1.29, 1.82) is 0 Å². The van der Waals surface area contributed by atoms with E-state index in [1.54, 1.807) is 0 Å². The summed E-state index contributed by atoms with van der Waals surface area (Å²) in [6, 6.07) is 0. The number of hydrogen-bond donors (Lipinski definition) is 0. The monoisotopic (exact) mass is 937 g/mol. The van der Waals surface area contributed by atoms with Crippen LogP contribution in [0.5, 0.6) is 0 Å². The summed E-state index contributed by atoms with van der Waals surface area (Å²) in [4.78, 5) is 38.1. The standard InChI is InChI=1S/C61H108O6/c1-4-7-10-13-16-19-22-24-26-28-30-32-34-36-39-41-44-47-50-53-59(62)65-56-58(67-61(64)55-52-49-46-43-38-21-18-15-12-9-6-3)57-66-60(63)54-51-48-45-42-40-37-35-33-31-29-27-25-23-20-17-14-11-8-5-2/h16,19,24-27,30,32,36,39,58H,4-15,17-18,20-23,28-29,31,33-35,37-38,40-57H2,1-3H3/b19-16-,26-24-,27-25-,32-30-,39-36-/t58-/m1/s1. The van der Waals surface area contributed by atoms with E-state index in [1.165, 1.54) is 167 Å². The Bertz CT molecular complexity index is 1210. The van der Waals surface area contributed by atoms with E-state index in [0.717, 1.165) is 83.5 Å². The second-order valence-electron chi connectivity index (χ2n) is 19.2. The number of rotatable bonds is 52. The minimum atomic E-state index is -0.785. The smallest absolute Gasteiger partial charge is 0.306 e. The molecule has 0 aromatic rings. The predicted octanol–water partition coefficient (Wildman–Crippen LogP) is 19.2. The molecular formula is C61H108O6. The number of unbranched alkanes of at least 4 members (excludes halogenated alkanes) is 31. The van der Waals surface area contributed by atoms with Crippen molar-refractivity contribution in [3.8, 4) is 0 Å². The maximum Gasteiger partial charge on any atom is 0.306 e. The predicted molar refractivity (Wildman–Crippen MR) is 288 cm³/mol. The van der Waals surface area contributed by atoms with E-state index in [2.05, 4.69) is 81.5 Å². The van der Waals surface area contributed by atoms with Crippen LogP contribution in [-0.2, 0) is 28.6 Å².